The number of thiazole rings is 1. The number of aromatic nitrogens is 2. The first-order valence-electron chi connectivity index (χ1n) is 4.91. The zero-order valence-corrected chi connectivity index (χ0v) is 9.90. The topological polar surface area (TPSA) is 72.2 Å². The van der Waals surface area contributed by atoms with E-state index in [0.29, 0.717) is 6.54 Å². The zero-order chi connectivity index (χ0) is 12.4. The third kappa shape index (κ3) is 2.42. The highest BCUT2D eigenvalue weighted by atomic mass is 32.1. The maximum absolute atomic E-state index is 11.8. The van der Waals surface area contributed by atoms with E-state index in [4.69, 9.17) is 5.11 Å². The predicted molar refractivity (Wildman–Crippen MR) is 63.6 cm³/mol. The Morgan fingerprint density at radius 3 is 2.94 bits per heavy atom. The number of rotatable bonds is 3. The molecule has 2 aromatic heterocycles. The van der Waals surface area contributed by atoms with E-state index in [1.165, 1.54) is 22.0 Å². The van der Waals surface area contributed by atoms with E-state index in [-0.39, 0.29) is 5.56 Å². The number of aryl methyl sites for hydroxylation is 1. The monoisotopic (exact) mass is 250 g/mol. The van der Waals surface area contributed by atoms with Gasteiger partial charge in [-0.05, 0) is 19.1 Å². The Labute approximate surface area is 101 Å². The average Bonchev–Trinajstić information content (AvgIpc) is 2.67. The van der Waals surface area contributed by atoms with E-state index >= 15 is 0 Å². The maximum atomic E-state index is 11.8. The summed E-state index contributed by atoms with van der Waals surface area (Å²) in [6, 6.07) is 2.85. The molecule has 0 aliphatic carbocycles. The van der Waals surface area contributed by atoms with Gasteiger partial charge in [-0.1, -0.05) is 0 Å². The smallest absolute Gasteiger partial charge is 0.341 e. The number of carboxylic acids is 1. The number of aromatic carboxylic acids is 1. The van der Waals surface area contributed by atoms with Gasteiger partial charge in [0.1, 0.15) is 10.6 Å². The van der Waals surface area contributed by atoms with E-state index in [0.717, 1.165) is 10.7 Å². The van der Waals surface area contributed by atoms with E-state index in [2.05, 4.69) is 4.98 Å². The summed E-state index contributed by atoms with van der Waals surface area (Å²) < 4.78 is 1.35. The Balaban J connectivity index is 2.37. The van der Waals surface area contributed by atoms with Crippen molar-refractivity contribution >= 4 is 17.3 Å². The summed E-state index contributed by atoms with van der Waals surface area (Å²) in [6.45, 7) is 2.18. The number of hydrogen-bond donors (Lipinski definition) is 1. The van der Waals surface area contributed by atoms with Gasteiger partial charge in [0.25, 0.3) is 5.56 Å². The van der Waals surface area contributed by atoms with Crippen LogP contribution in [0.15, 0.2) is 28.5 Å². The fraction of sp³-hybridized carbons (Fsp3) is 0.182. The molecule has 0 aromatic carbocycles. The van der Waals surface area contributed by atoms with Crippen molar-refractivity contribution in [1.29, 1.82) is 0 Å². The molecule has 0 unspecified atom stereocenters. The van der Waals surface area contributed by atoms with Gasteiger partial charge in [0.15, 0.2) is 0 Å². The SMILES string of the molecule is Cc1csc(Cn2cccc(C(=O)O)c2=O)n1. The van der Waals surface area contributed by atoms with Gasteiger partial charge in [-0.3, -0.25) is 4.79 Å². The number of carbonyl (C=O) groups is 1. The fourth-order valence-corrected chi connectivity index (χ4v) is 2.21. The van der Waals surface area contributed by atoms with E-state index in [1.54, 1.807) is 12.3 Å². The van der Waals surface area contributed by atoms with Crippen LogP contribution in [0.2, 0.25) is 0 Å². The lowest BCUT2D eigenvalue weighted by Gasteiger charge is -2.03. The van der Waals surface area contributed by atoms with Crippen LogP contribution in [0.4, 0.5) is 0 Å². The molecule has 1 N–H and O–H groups in total. The molecule has 0 aliphatic rings. The molecule has 0 bridgehead atoms. The molecular weight excluding hydrogens is 240 g/mol. The maximum Gasteiger partial charge on any atom is 0.341 e. The Hall–Kier alpha value is -1.95. The molecule has 2 rings (SSSR count). The van der Waals surface area contributed by atoms with Gasteiger partial charge in [-0.15, -0.1) is 11.3 Å². The van der Waals surface area contributed by atoms with Crippen LogP contribution >= 0.6 is 11.3 Å². The van der Waals surface area contributed by atoms with E-state index in [1.807, 2.05) is 12.3 Å². The normalized spacial score (nSPS) is 10.4. The molecule has 0 spiro atoms. The lowest BCUT2D eigenvalue weighted by molar-refractivity contribution is 0.0694. The Kier molecular flexibility index (Phi) is 3.06. The van der Waals surface area contributed by atoms with Gasteiger partial charge < -0.3 is 9.67 Å². The second-order valence-electron chi connectivity index (χ2n) is 3.54. The first-order valence-corrected chi connectivity index (χ1v) is 5.79. The minimum Gasteiger partial charge on any atom is -0.477 e. The van der Waals surface area contributed by atoms with Crippen molar-refractivity contribution in [3.05, 3.63) is 50.3 Å². The van der Waals surface area contributed by atoms with Crippen molar-refractivity contribution in [2.75, 3.05) is 0 Å². The van der Waals surface area contributed by atoms with Crippen LogP contribution in [0, 0.1) is 6.92 Å². The van der Waals surface area contributed by atoms with Gasteiger partial charge in [0.2, 0.25) is 0 Å². The molecule has 6 heteroatoms. The van der Waals surface area contributed by atoms with Crippen molar-refractivity contribution in [3.8, 4) is 0 Å². The van der Waals surface area contributed by atoms with E-state index in [9.17, 15) is 9.59 Å². The molecule has 0 saturated carbocycles. The molecule has 0 fully saturated rings. The summed E-state index contributed by atoms with van der Waals surface area (Å²) in [5, 5.41) is 11.5. The number of hydrogen-bond acceptors (Lipinski definition) is 4. The summed E-state index contributed by atoms with van der Waals surface area (Å²) in [4.78, 5) is 26.8. The van der Waals surface area contributed by atoms with Crippen LogP contribution in [0.25, 0.3) is 0 Å². The summed E-state index contributed by atoms with van der Waals surface area (Å²) >= 11 is 1.45. The lowest BCUT2D eigenvalue weighted by Crippen LogP contribution is -2.25. The molecule has 88 valence electrons. The van der Waals surface area contributed by atoms with Crippen molar-refractivity contribution in [1.82, 2.24) is 9.55 Å². The van der Waals surface area contributed by atoms with Crippen LogP contribution < -0.4 is 5.56 Å². The quantitative estimate of drug-likeness (QED) is 0.892. The summed E-state index contributed by atoms with van der Waals surface area (Å²) in [5.74, 6) is -1.21. The van der Waals surface area contributed by atoms with Crippen molar-refractivity contribution in [2.45, 2.75) is 13.5 Å². The average molecular weight is 250 g/mol. The standard InChI is InChI=1S/C11H10N2O3S/c1-7-6-17-9(12-7)5-13-4-2-3-8(10(13)14)11(15)16/h2-4,6H,5H2,1H3,(H,15,16). The Morgan fingerprint density at radius 2 is 2.35 bits per heavy atom. The predicted octanol–water partition coefficient (Wildman–Crippen LogP) is 1.36. The molecule has 17 heavy (non-hydrogen) atoms. The highest BCUT2D eigenvalue weighted by molar-refractivity contribution is 7.09. The van der Waals surface area contributed by atoms with Gasteiger partial charge in [0.05, 0.1) is 6.54 Å². The summed E-state index contributed by atoms with van der Waals surface area (Å²) in [6.07, 6.45) is 1.56. The van der Waals surface area contributed by atoms with Crippen LogP contribution in [-0.4, -0.2) is 20.6 Å². The van der Waals surface area contributed by atoms with Crippen molar-refractivity contribution in [3.63, 3.8) is 0 Å². The molecule has 0 aliphatic heterocycles. The summed E-state index contributed by atoms with van der Waals surface area (Å²) in [5.41, 5.74) is 0.168. The lowest BCUT2D eigenvalue weighted by atomic mass is 10.3. The third-order valence-electron chi connectivity index (χ3n) is 2.22. The van der Waals surface area contributed by atoms with Crippen LogP contribution in [0.1, 0.15) is 21.1 Å². The highest BCUT2D eigenvalue weighted by Gasteiger charge is 2.10. The first-order chi connectivity index (χ1) is 8.08. The molecule has 0 saturated heterocycles. The Morgan fingerprint density at radius 1 is 1.59 bits per heavy atom. The second-order valence-corrected chi connectivity index (χ2v) is 4.49. The van der Waals surface area contributed by atoms with Crippen molar-refractivity contribution in [2.24, 2.45) is 0 Å². The Bertz CT molecular complexity index is 615. The number of pyridine rings is 1. The largest absolute Gasteiger partial charge is 0.477 e. The molecule has 0 atom stereocenters. The van der Waals surface area contributed by atoms with E-state index < -0.39 is 11.5 Å². The molecule has 5 nitrogen and oxygen atoms in total. The first kappa shape index (κ1) is 11.5. The van der Waals surface area contributed by atoms with Crippen LogP contribution in [0.3, 0.4) is 0 Å². The third-order valence-corrected chi connectivity index (χ3v) is 3.17. The van der Waals surface area contributed by atoms with Gasteiger partial charge in [-0.25, -0.2) is 9.78 Å². The molecule has 2 heterocycles. The van der Waals surface area contributed by atoms with Gasteiger partial charge >= 0.3 is 5.97 Å². The van der Waals surface area contributed by atoms with Gasteiger partial charge in [-0.2, -0.15) is 0 Å². The molecule has 0 amide bonds. The van der Waals surface area contributed by atoms with Crippen LogP contribution in [-0.2, 0) is 6.54 Å². The summed E-state index contributed by atoms with van der Waals surface area (Å²) in [7, 11) is 0. The zero-order valence-electron chi connectivity index (χ0n) is 9.08. The van der Waals surface area contributed by atoms with Crippen LogP contribution in [0.5, 0.6) is 0 Å². The minimum absolute atomic E-state index is 0.222. The fourth-order valence-electron chi connectivity index (χ4n) is 1.45. The molecule has 0 radical (unpaired) electrons. The highest BCUT2D eigenvalue weighted by Crippen LogP contribution is 2.09. The molecule has 2 aromatic rings. The second kappa shape index (κ2) is 4.50. The van der Waals surface area contributed by atoms with Gasteiger partial charge in [0, 0.05) is 17.3 Å². The minimum atomic E-state index is -1.21. The number of carboxylic acid groups (broad SMARTS) is 1. The number of nitrogens with zero attached hydrogens (tertiary/aromatic N) is 2. The molecular formula is C11H10N2O3S. The van der Waals surface area contributed by atoms with Crippen molar-refractivity contribution < 1.29 is 9.90 Å².